The van der Waals surface area contributed by atoms with E-state index in [0.717, 1.165) is 38.0 Å². The van der Waals surface area contributed by atoms with Crippen LogP contribution >= 0.6 is 0 Å². The monoisotopic (exact) mass is 271 g/mol. The summed E-state index contributed by atoms with van der Waals surface area (Å²) in [6, 6.07) is 6.50. The van der Waals surface area contributed by atoms with Crippen LogP contribution in [0.25, 0.3) is 0 Å². The fourth-order valence-corrected chi connectivity index (χ4v) is 2.40. The van der Waals surface area contributed by atoms with Crippen molar-refractivity contribution in [3.05, 3.63) is 29.8 Å². The first-order chi connectivity index (χ1) is 9.15. The van der Waals surface area contributed by atoms with Crippen LogP contribution in [-0.4, -0.2) is 19.8 Å². The molecule has 2 N–H and O–H groups in total. The molecular weight excluding hydrogens is 252 g/mol. The molecule has 1 aliphatic rings. The van der Waals surface area contributed by atoms with Gasteiger partial charge in [-0.2, -0.15) is 8.78 Å². The number of nitrogens with two attached hydrogens (primary N) is 1. The third kappa shape index (κ3) is 4.44. The van der Waals surface area contributed by atoms with Crippen LogP contribution in [0.2, 0.25) is 0 Å². The molecule has 2 rings (SSSR count). The van der Waals surface area contributed by atoms with Gasteiger partial charge in [-0.1, -0.05) is 12.1 Å². The van der Waals surface area contributed by atoms with E-state index >= 15 is 0 Å². The number of halogens is 2. The molecule has 1 aliphatic heterocycles. The number of ether oxygens (including phenoxy) is 2. The van der Waals surface area contributed by atoms with Gasteiger partial charge >= 0.3 is 6.61 Å². The fraction of sp³-hybridized carbons (Fsp3) is 0.571. The largest absolute Gasteiger partial charge is 0.435 e. The lowest BCUT2D eigenvalue weighted by Gasteiger charge is -2.25. The van der Waals surface area contributed by atoms with Crippen LogP contribution in [0.5, 0.6) is 5.75 Å². The van der Waals surface area contributed by atoms with Crippen LogP contribution in [0.4, 0.5) is 8.78 Å². The van der Waals surface area contributed by atoms with E-state index in [1.54, 1.807) is 12.1 Å². The molecule has 5 heteroatoms. The second-order valence-corrected chi connectivity index (χ2v) is 4.85. The van der Waals surface area contributed by atoms with E-state index in [9.17, 15) is 8.78 Å². The smallest absolute Gasteiger partial charge is 0.387 e. The van der Waals surface area contributed by atoms with Gasteiger partial charge in [-0.3, -0.25) is 0 Å². The van der Waals surface area contributed by atoms with E-state index in [1.807, 2.05) is 6.07 Å². The predicted molar refractivity (Wildman–Crippen MR) is 68.2 cm³/mol. The van der Waals surface area contributed by atoms with Crippen LogP contribution in [0.1, 0.15) is 30.9 Å². The molecule has 0 amide bonds. The molecule has 1 aromatic rings. The van der Waals surface area contributed by atoms with Crippen molar-refractivity contribution < 1.29 is 18.3 Å². The first-order valence-corrected chi connectivity index (χ1v) is 6.53. The molecule has 0 aromatic heterocycles. The molecule has 1 fully saturated rings. The molecule has 19 heavy (non-hydrogen) atoms. The molecule has 0 radical (unpaired) electrons. The summed E-state index contributed by atoms with van der Waals surface area (Å²) in [7, 11) is 0. The third-order valence-electron chi connectivity index (χ3n) is 3.44. The molecule has 0 saturated carbocycles. The van der Waals surface area contributed by atoms with Crippen LogP contribution in [0.15, 0.2) is 24.3 Å². The number of hydrogen-bond donors (Lipinski definition) is 1. The minimum absolute atomic E-state index is 0.149. The highest BCUT2D eigenvalue weighted by Crippen LogP contribution is 2.28. The summed E-state index contributed by atoms with van der Waals surface area (Å²) in [6.45, 7) is -1.24. The van der Waals surface area contributed by atoms with Crippen LogP contribution < -0.4 is 10.5 Å². The SMILES string of the molecule is NC(CC1CCOCC1)c1cccc(OC(F)F)c1. The highest BCUT2D eigenvalue weighted by Gasteiger charge is 2.18. The lowest BCUT2D eigenvalue weighted by atomic mass is 9.90. The van der Waals surface area contributed by atoms with Gasteiger partial charge in [0.2, 0.25) is 0 Å². The Morgan fingerprint density at radius 3 is 2.74 bits per heavy atom. The van der Waals surface area contributed by atoms with E-state index in [4.69, 9.17) is 10.5 Å². The summed E-state index contributed by atoms with van der Waals surface area (Å²) < 4.78 is 34.0. The van der Waals surface area contributed by atoms with Crippen molar-refractivity contribution in [2.75, 3.05) is 13.2 Å². The molecule has 0 bridgehead atoms. The maximum atomic E-state index is 12.2. The molecular formula is C14H19F2NO2. The quantitative estimate of drug-likeness (QED) is 0.895. The molecule has 0 spiro atoms. The van der Waals surface area contributed by atoms with Crippen LogP contribution in [-0.2, 0) is 4.74 Å². The second kappa shape index (κ2) is 6.82. The normalized spacial score (nSPS) is 18.5. The van der Waals surface area contributed by atoms with Crippen molar-refractivity contribution in [2.45, 2.75) is 31.9 Å². The molecule has 1 atom stereocenters. The third-order valence-corrected chi connectivity index (χ3v) is 3.44. The summed E-state index contributed by atoms with van der Waals surface area (Å²) in [5.41, 5.74) is 6.98. The van der Waals surface area contributed by atoms with Gasteiger partial charge in [0.25, 0.3) is 0 Å². The Balaban J connectivity index is 1.95. The minimum atomic E-state index is -2.80. The lowest BCUT2D eigenvalue weighted by molar-refractivity contribution is -0.0499. The van der Waals surface area contributed by atoms with E-state index in [0.29, 0.717) is 5.92 Å². The molecule has 1 unspecified atom stereocenters. The number of alkyl halides is 2. The average molecular weight is 271 g/mol. The predicted octanol–water partition coefficient (Wildman–Crippen LogP) is 3.10. The van der Waals surface area contributed by atoms with Gasteiger partial charge < -0.3 is 15.2 Å². The van der Waals surface area contributed by atoms with Crippen LogP contribution in [0.3, 0.4) is 0 Å². The lowest BCUT2D eigenvalue weighted by Crippen LogP contribution is -2.21. The zero-order valence-corrected chi connectivity index (χ0v) is 10.7. The Morgan fingerprint density at radius 1 is 1.32 bits per heavy atom. The Morgan fingerprint density at radius 2 is 2.05 bits per heavy atom. The first kappa shape index (κ1) is 14.2. The summed E-state index contributed by atoms with van der Waals surface area (Å²) in [6.07, 6.45) is 2.88. The molecule has 1 saturated heterocycles. The van der Waals surface area contributed by atoms with Gasteiger partial charge in [-0.25, -0.2) is 0 Å². The van der Waals surface area contributed by atoms with Gasteiger partial charge in [0.1, 0.15) is 5.75 Å². The topological polar surface area (TPSA) is 44.5 Å². The van der Waals surface area contributed by atoms with E-state index in [-0.39, 0.29) is 11.8 Å². The summed E-state index contributed by atoms with van der Waals surface area (Å²) in [5.74, 6) is 0.707. The molecule has 106 valence electrons. The van der Waals surface area contributed by atoms with Crippen LogP contribution in [0, 0.1) is 5.92 Å². The number of hydrogen-bond acceptors (Lipinski definition) is 3. The summed E-state index contributed by atoms with van der Waals surface area (Å²) in [4.78, 5) is 0. The highest BCUT2D eigenvalue weighted by atomic mass is 19.3. The average Bonchev–Trinajstić information content (AvgIpc) is 2.39. The Labute approximate surface area is 111 Å². The summed E-state index contributed by atoms with van der Waals surface area (Å²) in [5, 5.41) is 0. The second-order valence-electron chi connectivity index (χ2n) is 4.85. The fourth-order valence-electron chi connectivity index (χ4n) is 2.40. The van der Waals surface area contributed by atoms with Crippen molar-refractivity contribution in [3.63, 3.8) is 0 Å². The van der Waals surface area contributed by atoms with Gasteiger partial charge in [0.15, 0.2) is 0 Å². The van der Waals surface area contributed by atoms with Crippen molar-refractivity contribution >= 4 is 0 Å². The molecule has 1 aromatic carbocycles. The summed E-state index contributed by atoms with van der Waals surface area (Å²) >= 11 is 0. The standard InChI is InChI=1S/C14H19F2NO2/c15-14(16)19-12-3-1-2-11(9-12)13(17)8-10-4-6-18-7-5-10/h1-3,9-10,13-14H,4-8,17H2. The van der Waals surface area contributed by atoms with E-state index < -0.39 is 6.61 Å². The van der Waals surface area contributed by atoms with E-state index in [2.05, 4.69) is 4.74 Å². The Bertz CT molecular complexity index is 395. The van der Waals surface area contributed by atoms with Crippen molar-refractivity contribution in [1.29, 1.82) is 0 Å². The molecule has 1 heterocycles. The minimum Gasteiger partial charge on any atom is -0.435 e. The van der Waals surface area contributed by atoms with Gasteiger partial charge in [-0.05, 0) is 42.9 Å². The van der Waals surface area contributed by atoms with Crippen molar-refractivity contribution in [2.24, 2.45) is 11.7 Å². The number of benzene rings is 1. The Hall–Kier alpha value is -1.20. The van der Waals surface area contributed by atoms with E-state index in [1.165, 1.54) is 6.07 Å². The maximum absolute atomic E-state index is 12.2. The first-order valence-electron chi connectivity index (χ1n) is 6.53. The van der Waals surface area contributed by atoms with Gasteiger partial charge in [-0.15, -0.1) is 0 Å². The molecule has 0 aliphatic carbocycles. The zero-order valence-electron chi connectivity index (χ0n) is 10.7. The zero-order chi connectivity index (χ0) is 13.7. The maximum Gasteiger partial charge on any atom is 0.387 e. The Kier molecular flexibility index (Phi) is 5.10. The highest BCUT2D eigenvalue weighted by molar-refractivity contribution is 5.30. The van der Waals surface area contributed by atoms with Gasteiger partial charge in [0, 0.05) is 19.3 Å². The molecule has 3 nitrogen and oxygen atoms in total. The van der Waals surface area contributed by atoms with Crippen molar-refractivity contribution in [1.82, 2.24) is 0 Å². The number of rotatable bonds is 5. The van der Waals surface area contributed by atoms with Crippen molar-refractivity contribution in [3.8, 4) is 5.75 Å². The van der Waals surface area contributed by atoms with Gasteiger partial charge in [0.05, 0.1) is 0 Å².